The average molecular weight is 366 g/mol. The molecule has 2 aliphatic rings. The number of hydrogen-bond acceptors (Lipinski definition) is 4. The molecule has 1 atom stereocenters. The third kappa shape index (κ3) is 3.52. The van der Waals surface area contributed by atoms with Gasteiger partial charge in [0.15, 0.2) is 0 Å². The highest BCUT2D eigenvalue weighted by Gasteiger charge is 2.41. The topological polar surface area (TPSA) is 64.8 Å². The number of carbonyl (C=O) groups excluding carboxylic acids is 1. The predicted molar refractivity (Wildman–Crippen MR) is 106 cm³/mol. The number of hydrogen-bond donors (Lipinski definition) is 1. The van der Waals surface area contributed by atoms with Crippen molar-refractivity contribution in [3.63, 3.8) is 0 Å². The van der Waals surface area contributed by atoms with Gasteiger partial charge in [0.2, 0.25) is 0 Å². The molecular weight excluding hydrogens is 340 g/mol. The van der Waals surface area contributed by atoms with Gasteiger partial charge in [0.25, 0.3) is 0 Å². The summed E-state index contributed by atoms with van der Waals surface area (Å²) in [5, 5.41) is 0. The van der Waals surface area contributed by atoms with Gasteiger partial charge in [-0.3, -0.25) is 0 Å². The summed E-state index contributed by atoms with van der Waals surface area (Å²) in [4.78, 5) is 13.6. The molecule has 1 fully saturated rings. The maximum atomic E-state index is 11.3. The van der Waals surface area contributed by atoms with Crippen molar-refractivity contribution in [3.8, 4) is 11.1 Å². The summed E-state index contributed by atoms with van der Waals surface area (Å²) in [6.45, 7) is 7.67. The summed E-state index contributed by atoms with van der Waals surface area (Å²) in [7, 11) is 0. The van der Waals surface area contributed by atoms with Crippen molar-refractivity contribution < 1.29 is 14.3 Å². The molecule has 5 heteroatoms. The molecule has 2 aromatic rings. The minimum absolute atomic E-state index is 0.157. The standard InChI is InChI=1S/C22H26N2O3/c1-22(2)14-17-13-16(5-8-19(17)20(22)27-21(23)25)15-3-6-18(7-4-15)24-9-11-26-12-10-24/h3-8,13,20H,9-12,14H2,1-2H3,(H2,23,25). The number of nitrogens with two attached hydrogens (primary N) is 1. The first-order valence-corrected chi connectivity index (χ1v) is 9.46. The Balaban J connectivity index is 1.58. The van der Waals surface area contributed by atoms with E-state index in [9.17, 15) is 4.79 Å². The molecule has 0 bridgehead atoms. The zero-order valence-electron chi connectivity index (χ0n) is 15.9. The van der Waals surface area contributed by atoms with Crippen LogP contribution in [0.5, 0.6) is 0 Å². The van der Waals surface area contributed by atoms with Gasteiger partial charge in [-0.25, -0.2) is 4.79 Å². The number of carbonyl (C=O) groups is 1. The predicted octanol–water partition coefficient (Wildman–Crippen LogP) is 3.91. The molecule has 1 aliphatic carbocycles. The van der Waals surface area contributed by atoms with Crippen LogP contribution in [0.2, 0.25) is 0 Å². The van der Waals surface area contributed by atoms with Crippen LogP contribution in [0.25, 0.3) is 11.1 Å². The molecule has 5 nitrogen and oxygen atoms in total. The van der Waals surface area contributed by atoms with Crippen molar-refractivity contribution in [1.82, 2.24) is 0 Å². The monoisotopic (exact) mass is 366 g/mol. The molecule has 1 unspecified atom stereocenters. The van der Waals surface area contributed by atoms with Gasteiger partial charge in [-0.2, -0.15) is 0 Å². The fraction of sp³-hybridized carbons (Fsp3) is 0.409. The van der Waals surface area contributed by atoms with Crippen LogP contribution >= 0.6 is 0 Å². The normalized spacial score (nSPS) is 21.0. The highest BCUT2D eigenvalue weighted by molar-refractivity contribution is 5.69. The lowest BCUT2D eigenvalue weighted by Gasteiger charge is -2.29. The van der Waals surface area contributed by atoms with E-state index < -0.39 is 6.09 Å². The molecule has 1 amide bonds. The number of rotatable bonds is 3. The maximum absolute atomic E-state index is 11.3. The molecule has 2 aromatic carbocycles. The molecule has 27 heavy (non-hydrogen) atoms. The highest BCUT2D eigenvalue weighted by atomic mass is 16.6. The zero-order chi connectivity index (χ0) is 19.0. The number of morpholine rings is 1. The second-order valence-corrected chi connectivity index (χ2v) is 8.04. The van der Waals surface area contributed by atoms with Crippen LogP contribution in [0.3, 0.4) is 0 Å². The highest BCUT2D eigenvalue weighted by Crippen LogP contribution is 2.48. The Morgan fingerprint density at radius 1 is 1.11 bits per heavy atom. The van der Waals surface area contributed by atoms with Gasteiger partial charge in [-0.1, -0.05) is 44.2 Å². The van der Waals surface area contributed by atoms with E-state index >= 15 is 0 Å². The van der Waals surface area contributed by atoms with Crippen LogP contribution in [0.4, 0.5) is 10.5 Å². The number of benzene rings is 2. The first kappa shape index (κ1) is 17.9. The number of nitrogens with zero attached hydrogens (tertiary/aromatic N) is 1. The van der Waals surface area contributed by atoms with Gasteiger partial charge in [0.05, 0.1) is 13.2 Å². The molecule has 1 saturated heterocycles. The summed E-state index contributed by atoms with van der Waals surface area (Å²) in [6, 6.07) is 15.1. The Hall–Kier alpha value is -2.53. The van der Waals surface area contributed by atoms with Crippen molar-refractivity contribution >= 4 is 11.8 Å². The lowest BCUT2D eigenvalue weighted by molar-refractivity contribution is 0.0392. The lowest BCUT2D eigenvalue weighted by atomic mass is 9.87. The van der Waals surface area contributed by atoms with E-state index in [1.807, 2.05) is 0 Å². The smallest absolute Gasteiger partial charge is 0.405 e. The number of anilines is 1. The van der Waals surface area contributed by atoms with E-state index in [2.05, 4.69) is 61.2 Å². The van der Waals surface area contributed by atoms with Gasteiger partial charge in [-0.05, 0) is 40.8 Å². The van der Waals surface area contributed by atoms with Crippen molar-refractivity contribution in [1.29, 1.82) is 0 Å². The third-order valence-electron chi connectivity index (χ3n) is 5.59. The van der Waals surface area contributed by atoms with Gasteiger partial charge in [-0.15, -0.1) is 0 Å². The largest absolute Gasteiger partial charge is 0.441 e. The minimum atomic E-state index is -0.719. The third-order valence-corrected chi connectivity index (χ3v) is 5.59. The minimum Gasteiger partial charge on any atom is -0.441 e. The summed E-state index contributed by atoms with van der Waals surface area (Å²) in [6.07, 6.45) is -0.147. The Bertz CT molecular complexity index is 839. The number of fused-ring (bicyclic) bond motifs is 1. The summed E-state index contributed by atoms with van der Waals surface area (Å²) in [5.41, 5.74) is 11.0. The molecule has 4 rings (SSSR count). The zero-order valence-corrected chi connectivity index (χ0v) is 15.9. The molecule has 0 saturated carbocycles. The van der Waals surface area contributed by atoms with Crippen molar-refractivity contribution in [3.05, 3.63) is 53.6 Å². The lowest BCUT2D eigenvalue weighted by Crippen LogP contribution is -2.36. The van der Waals surface area contributed by atoms with Crippen LogP contribution in [0, 0.1) is 5.41 Å². The molecule has 0 spiro atoms. The Morgan fingerprint density at radius 3 is 2.44 bits per heavy atom. The van der Waals surface area contributed by atoms with Crippen LogP contribution in [0.1, 0.15) is 31.1 Å². The van der Waals surface area contributed by atoms with E-state index in [0.717, 1.165) is 38.3 Å². The van der Waals surface area contributed by atoms with E-state index in [1.165, 1.54) is 22.4 Å². The van der Waals surface area contributed by atoms with Gasteiger partial charge < -0.3 is 20.1 Å². The van der Waals surface area contributed by atoms with Crippen LogP contribution in [-0.2, 0) is 15.9 Å². The van der Waals surface area contributed by atoms with Crippen molar-refractivity contribution in [2.24, 2.45) is 11.1 Å². The van der Waals surface area contributed by atoms with E-state index in [0.29, 0.717) is 0 Å². The average Bonchev–Trinajstić information content (AvgIpc) is 2.91. The molecule has 142 valence electrons. The SMILES string of the molecule is CC1(C)Cc2cc(-c3ccc(N4CCOCC4)cc3)ccc2C1OC(N)=O. The number of amides is 1. The first-order valence-electron chi connectivity index (χ1n) is 9.46. The summed E-state index contributed by atoms with van der Waals surface area (Å²) < 4.78 is 10.8. The molecule has 0 aromatic heterocycles. The fourth-order valence-electron chi connectivity index (χ4n) is 4.22. The first-order chi connectivity index (χ1) is 12.9. The molecule has 2 N–H and O–H groups in total. The molecule has 1 heterocycles. The van der Waals surface area contributed by atoms with Gasteiger partial charge in [0, 0.05) is 24.2 Å². The van der Waals surface area contributed by atoms with Crippen molar-refractivity contribution in [2.45, 2.75) is 26.4 Å². The Morgan fingerprint density at radius 2 is 1.78 bits per heavy atom. The second-order valence-electron chi connectivity index (χ2n) is 8.04. The summed E-state index contributed by atoms with van der Waals surface area (Å²) >= 11 is 0. The number of primary amides is 1. The van der Waals surface area contributed by atoms with E-state index in [4.69, 9.17) is 15.2 Å². The maximum Gasteiger partial charge on any atom is 0.405 e. The van der Waals surface area contributed by atoms with E-state index in [1.54, 1.807) is 0 Å². The second kappa shape index (κ2) is 6.89. The van der Waals surface area contributed by atoms with Gasteiger partial charge in [0.1, 0.15) is 6.10 Å². The molecule has 0 radical (unpaired) electrons. The summed E-state index contributed by atoms with van der Waals surface area (Å²) in [5.74, 6) is 0. The Labute approximate surface area is 160 Å². The van der Waals surface area contributed by atoms with Crippen molar-refractivity contribution in [2.75, 3.05) is 31.2 Å². The molecular formula is C22H26N2O3. The fourth-order valence-corrected chi connectivity index (χ4v) is 4.22. The quantitative estimate of drug-likeness (QED) is 0.894. The van der Waals surface area contributed by atoms with Gasteiger partial charge >= 0.3 is 6.09 Å². The molecule has 1 aliphatic heterocycles. The number of ether oxygens (including phenoxy) is 2. The van der Waals surface area contributed by atoms with Crippen LogP contribution in [0.15, 0.2) is 42.5 Å². The van der Waals surface area contributed by atoms with Crippen LogP contribution in [-0.4, -0.2) is 32.4 Å². The van der Waals surface area contributed by atoms with Crippen LogP contribution < -0.4 is 10.6 Å². The Kier molecular flexibility index (Phi) is 4.56. The van der Waals surface area contributed by atoms with E-state index in [-0.39, 0.29) is 11.5 Å².